The van der Waals surface area contributed by atoms with Gasteiger partial charge in [-0.25, -0.2) is 14.8 Å². The molecule has 0 aromatic carbocycles. The summed E-state index contributed by atoms with van der Waals surface area (Å²) in [6.07, 6.45) is 8.80. The number of pyridine rings is 1. The molecule has 2 aromatic rings. The lowest BCUT2D eigenvalue weighted by Gasteiger charge is -2.41. The Labute approximate surface area is 198 Å². The highest BCUT2D eigenvalue weighted by Gasteiger charge is 2.48. The fraction of sp³-hybridized carbons (Fsp3) is 0.542. The number of nitrogens with one attached hydrogen (secondary N) is 1. The molecule has 180 valence electrons. The lowest BCUT2D eigenvalue weighted by atomic mass is 9.79. The molecule has 2 aliphatic heterocycles. The van der Waals surface area contributed by atoms with Crippen LogP contribution in [0.3, 0.4) is 0 Å². The van der Waals surface area contributed by atoms with Gasteiger partial charge in [-0.2, -0.15) is 0 Å². The van der Waals surface area contributed by atoms with Crippen LogP contribution in [-0.2, 0) is 10.4 Å². The molecular weight excluding hydrogens is 436 g/mol. The van der Waals surface area contributed by atoms with Gasteiger partial charge in [0.05, 0.1) is 5.69 Å². The molecule has 5 rings (SSSR count). The van der Waals surface area contributed by atoms with E-state index >= 15 is 0 Å². The number of fused-ring (bicyclic) bond motifs is 1. The zero-order valence-corrected chi connectivity index (χ0v) is 19.0. The Morgan fingerprint density at radius 2 is 1.76 bits per heavy atom. The van der Waals surface area contributed by atoms with Crippen LogP contribution in [0, 0.1) is 0 Å². The van der Waals surface area contributed by atoms with Gasteiger partial charge in [-0.3, -0.25) is 14.7 Å². The number of nitrogens with zero attached hydrogens (tertiary/aromatic N) is 5. The summed E-state index contributed by atoms with van der Waals surface area (Å²) in [5.41, 5.74) is 0.573. The highest BCUT2D eigenvalue weighted by atomic mass is 16.4. The Bertz CT molecular complexity index is 1030. The minimum atomic E-state index is -1.18. The lowest BCUT2D eigenvalue weighted by molar-refractivity contribution is -0.131. The standard InChI is InChI=1S/C24H30N6O4/c31-21(15-28-23(32)33)30-13-7-18-19(30)6-12-29(18)17-4-8-24(34,9-5-17)20-3-2-16(14-27-20)22-25-10-1-11-26-22/h1-3,10-11,14,17-19,28,34H,4-9,12-13,15H2,(H,32,33). The van der Waals surface area contributed by atoms with Crippen molar-refractivity contribution in [3.63, 3.8) is 0 Å². The second-order valence-corrected chi connectivity index (χ2v) is 9.46. The largest absolute Gasteiger partial charge is 0.465 e. The molecule has 4 heterocycles. The average molecular weight is 467 g/mol. The maximum Gasteiger partial charge on any atom is 0.405 e. The predicted octanol–water partition coefficient (Wildman–Crippen LogP) is 1.61. The minimum Gasteiger partial charge on any atom is -0.465 e. The van der Waals surface area contributed by atoms with Crippen molar-refractivity contribution in [1.29, 1.82) is 0 Å². The van der Waals surface area contributed by atoms with Crippen molar-refractivity contribution in [1.82, 2.24) is 30.1 Å². The second kappa shape index (κ2) is 9.27. The van der Waals surface area contributed by atoms with Crippen LogP contribution in [0.5, 0.6) is 0 Å². The van der Waals surface area contributed by atoms with Crippen LogP contribution < -0.4 is 5.32 Å². The SMILES string of the molecule is O=C(O)NCC(=O)N1CCC2C1CCN2C1CCC(O)(c2ccc(-c3ncccn3)cn2)CC1. The normalized spacial score (nSPS) is 29.1. The van der Waals surface area contributed by atoms with E-state index in [2.05, 4.69) is 25.2 Å². The molecule has 1 saturated carbocycles. The molecule has 0 spiro atoms. The first-order chi connectivity index (χ1) is 16.4. The third-order valence-corrected chi connectivity index (χ3v) is 7.65. The van der Waals surface area contributed by atoms with Crippen LogP contribution in [0.4, 0.5) is 4.79 Å². The van der Waals surface area contributed by atoms with Crippen LogP contribution in [0.1, 0.15) is 44.2 Å². The number of amides is 2. The molecular formula is C24H30N6O4. The Balaban J connectivity index is 1.19. The van der Waals surface area contributed by atoms with Gasteiger partial charge in [-0.15, -0.1) is 0 Å². The molecule has 3 N–H and O–H groups in total. The van der Waals surface area contributed by atoms with Gasteiger partial charge in [0.25, 0.3) is 0 Å². The van der Waals surface area contributed by atoms with Gasteiger partial charge in [0.15, 0.2) is 5.82 Å². The predicted molar refractivity (Wildman–Crippen MR) is 123 cm³/mol. The van der Waals surface area contributed by atoms with Gasteiger partial charge in [-0.1, -0.05) is 0 Å². The summed E-state index contributed by atoms with van der Waals surface area (Å²) in [5.74, 6) is 0.467. The molecule has 2 saturated heterocycles. The van der Waals surface area contributed by atoms with Gasteiger partial charge >= 0.3 is 6.09 Å². The first-order valence-electron chi connectivity index (χ1n) is 11.9. The lowest BCUT2D eigenvalue weighted by Crippen LogP contribution is -2.47. The molecule has 10 nitrogen and oxygen atoms in total. The maximum absolute atomic E-state index is 12.5. The second-order valence-electron chi connectivity index (χ2n) is 9.46. The van der Waals surface area contributed by atoms with Crippen LogP contribution in [-0.4, -0.2) is 84.7 Å². The van der Waals surface area contributed by atoms with E-state index in [1.165, 1.54) is 0 Å². The molecule has 2 atom stereocenters. The maximum atomic E-state index is 12.5. The molecule has 3 fully saturated rings. The Morgan fingerprint density at radius 3 is 2.44 bits per heavy atom. The van der Waals surface area contributed by atoms with Crippen molar-refractivity contribution in [3.8, 4) is 11.4 Å². The van der Waals surface area contributed by atoms with Gasteiger partial charge in [-0.05, 0) is 56.7 Å². The molecule has 3 aliphatic rings. The number of aliphatic hydroxyl groups is 1. The van der Waals surface area contributed by atoms with E-state index in [0.717, 1.165) is 37.8 Å². The molecule has 2 amide bonds. The number of likely N-dealkylation sites (tertiary alicyclic amines) is 2. The number of carbonyl (C=O) groups excluding carboxylic acids is 1. The highest BCUT2D eigenvalue weighted by Crippen LogP contribution is 2.42. The minimum absolute atomic E-state index is 0.148. The average Bonchev–Trinajstić information content (AvgIpc) is 3.46. The smallest absolute Gasteiger partial charge is 0.405 e. The number of rotatable bonds is 5. The summed E-state index contributed by atoms with van der Waals surface area (Å²) in [6.45, 7) is 1.43. The fourth-order valence-electron chi connectivity index (χ4n) is 5.95. The number of hydrogen-bond donors (Lipinski definition) is 3. The molecule has 0 bridgehead atoms. The topological polar surface area (TPSA) is 132 Å². The van der Waals surface area contributed by atoms with Gasteiger partial charge in [0.2, 0.25) is 5.91 Å². The summed E-state index contributed by atoms with van der Waals surface area (Å²) in [7, 11) is 0. The zero-order valence-electron chi connectivity index (χ0n) is 19.0. The van der Waals surface area contributed by atoms with Crippen molar-refractivity contribution in [2.75, 3.05) is 19.6 Å². The van der Waals surface area contributed by atoms with Crippen LogP contribution >= 0.6 is 0 Å². The van der Waals surface area contributed by atoms with E-state index < -0.39 is 11.7 Å². The molecule has 0 radical (unpaired) electrons. The summed E-state index contributed by atoms with van der Waals surface area (Å²) < 4.78 is 0. The van der Waals surface area contributed by atoms with Gasteiger partial charge < -0.3 is 20.4 Å². The summed E-state index contributed by atoms with van der Waals surface area (Å²) >= 11 is 0. The Morgan fingerprint density at radius 1 is 1.03 bits per heavy atom. The van der Waals surface area contributed by atoms with Gasteiger partial charge in [0, 0.05) is 55.4 Å². The molecule has 2 aromatic heterocycles. The first-order valence-corrected chi connectivity index (χ1v) is 11.9. The number of carboxylic acid groups (broad SMARTS) is 1. The van der Waals surface area contributed by atoms with Crippen LogP contribution in [0.2, 0.25) is 0 Å². The van der Waals surface area contributed by atoms with Crippen LogP contribution in [0.25, 0.3) is 11.4 Å². The Kier molecular flexibility index (Phi) is 6.18. The summed E-state index contributed by atoms with van der Waals surface area (Å²) in [5, 5.41) is 22.3. The quantitative estimate of drug-likeness (QED) is 0.606. The molecule has 34 heavy (non-hydrogen) atoms. The number of hydrogen-bond acceptors (Lipinski definition) is 7. The highest BCUT2D eigenvalue weighted by molar-refractivity contribution is 5.82. The van der Waals surface area contributed by atoms with E-state index in [1.54, 1.807) is 24.7 Å². The van der Waals surface area contributed by atoms with E-state index in [0.29, 0.717) is 43.0 Å². The van der Waals surface area contributed by atoms with Crippen LogP contribution in [0.15, 0.2) is 36.8 Å². The van der Waals surface area contributed by atoms with Crippen molar-refractivity contribution < 1.29 is 19.8 Å². The molecule has 1 aliphatic carbocycles. The number of aromatic nitrogens is 3. The molecule has 2 unspecified atom stereocenters. The Hall–Kier alpha value is -3.11. The van der Waals surface area contributed by atoms with Crippen molar-refractivity contribution in [3.05, 3.63) is 42.5 Å². The van der Waals surface area contributed by atoms with E-state index in [-0.39, 0.29) is 18.5 Å². The van der Waals surface area contributed by atoms with Gasteiger partial charge in [0.1, 0.15) is 12.1 Å². The van der Waals surface area contributed by atoms with E-state index in [1.807, 2.05) is 17.0 Å². The van der Waals surface area contributed by atoms with E-state index in [9.17, 15) is 14.7 Å². The van der Waals surface area contributed by atoms with E-state index in [4.69, 9.17) is 5.11 Å². The zero-order chi connectivity index (χ0) is 23.7. The van der Waals surface area contributed by atoms with Crippen molar-refractivity contribution in [2.45, 2.75) is 62.3 Å². The third kappa shape index (κ3) is 4.35. The van der Waals surface area contributed by atoms with Crippen molar-refractivity contribution in [2.24, 2.45) is 0 Å². The first kappa shape index (κ1) is 22.7. The summed E-state index contributed by atoms with van der Waals surface area (Å²) in [4.78, 5) is 40.6. The third-order valence-electron chi connectivity index (χ3n) is 7.65. The molecule has 10 heteroatoms. The fourth-order valence-corrected chi connectivity index (χ4v) is 5.95. The monoisotopic (exact) mass is 466 g/mol. The summed E-state index contributed by atoms with van der Waals surface area (Å²) in [6, 6.07) is 6.40. The number of carbonyl (C=O) groups is 2. The van der Waals surface area contributed by atoms with Crippen molar-refractivity contribution >= 4 is 12.0 Å².